The summed E-state index contributed by atoms with van der Waals surface area (Å²) in [4.78, 5) is 10.6. The van der Waals surface area contributed by atoms with Gasteiger partial charge in [0.05, 0.1) is 11.9 Å². The van der Waals surface area contributed by atoms with Crippen molar-refractivity contribution in [2.24, 2.45) is 0 Å². The first kappa shape index (κ1) is 11.0. The Morgan fingerprint density at radius 1 is 1.17 bits per heavy atom. The molecule has 1 N–H and O–H groups in total. The van der Waals surface area contributed by atoms with Gasteiger partial charge >= 0.3 is 0 Å². The second-order valence-electron chi connectivity index (χ2n) is 3.81. The van der Waals surface area contributed by atoms with Crippen molar-refractivity contribution in [3.8, 4) is 11.3 Å². The summed E-state index contributed by atoms with van der Waals surface area (Å²) in [5.74, 6) is -0.423. The van der Waals surface area contributed by atoms with Gasteiger partial charge in [0.25, 0.3) is 0 Å². The average Bonchev–Trinajstić information content (AvgIpc) is 2.41. The van der Waals surface area contributed by atoms with Gasteiger partial charge in [-0.15, -0.1) is 0 Å². The summed E-state index contributed by atoms with van der Waals surface area (Å²) >= 11 is 4.94. The van der Waals surface area contributed by atoms with E-state index >= 15 is 0 Å². The Morgan fingerprint density at radius 2 is 2.06 bits per heavy atom. The van der Waals surface area contributed by atoms with Crippen molar-refractivity contribution in [2.45, 2.75) is 0 Å². The predicted molar refractivity (Wildman–Crippen MR) is 70.1 cm³/mol. The monoisotopic (exact) mass is 257 g/mol. The molecule has 0 spiro atoms. The summed E-state index contributed by atoms with van der Waals surface area (Å²) in [5, 5.41) is 1.87. The molecule has 0 bridgehead atoms. The van der Waals surface area contributed by atoms with Gasteiger partial charge in [0.15, 0.2) is 10.6 Å². The van der Waals surface area contributed by atoms with Gasteiger partial charge in [-0.05, 0) is 23.7 Å². The number of pyridine rings is 1. The normalized spacial score (nSPS) is 10.7. The van der Waals surface area contributed by atoms with Gasteiger partial charge < -0.3 is 4.98 Å². The molecule has 2 heterocycles. The molecule has 3 rings (SSSR count). The predicted octanol–water partition coefficient (Wildman–Crippen LogP) is 3.49. The fraction of sp³-hybridized carbons (Fsp3) is 0. The van der Waals surface area contributed by atoms with E-state index in [0.717, 1.165) is 22.5 Å². The van der Waals surface area contributed by atoms with Gasteiger partial charge in [-0.25, -0.2) is 9.37 Å². The van der Waals surface area contributed by atoms with E-state index in [0.29, 0.717) is 5.69 Å². The molecule has 0 saturated carbocycles. The highest BCUT2D eigenvalue weighted by Gasteiger charge is 2.09. The largest absolute Gasteiger partial charge is 0.328 e. The summed E-state index contributed by atoms with van der Waals surface area (Å²) in [6.45, 7) is 0. The first-order valence-corrected chi connectivity index (χ1v) is 5.74. The van der Waals surface area contributed by atoms with Crippen LogP contribution in [0.3, 0.4) is 0 Å². The standard InChI is InChI=1S/C13H8FN3S/c14-11-7-16-13(18)17-12(11)10-3-1-2-8-6-15-5-4-9(8)10/h1-7H,(H,16,17,18). The molecule has 0 amide bonds. The Hall–Kier alpha value is -2.14. The third kappa shape index (κ3) is 1.78. The molecule has 0 aliphatic carbocycles. The molecule has 0 unspecified atom stereocenters. The topological polar surface area (TPSA) is 41.6 Å². The first-order valence-electron chi connectivity index (χ1n) is 5.33. The number of fused-ring (bicyclic) bond motifs is 1. The zero-order chi connectivity index (χ0) is 12.5. The summed E-state index contributed by atoms with van der Waals surface area (Å²) < 4.78 is 14.1. The van der Waals surface area contributed by atoms with Crippen LogP contribution in [0.25, 0.3) is 22.0 Å². The zero-order valence-electron chi connectivity index (χ0n) is 9.22. The lowest BCUT2D eigenvalue weighted by atomic mass is 10.0. The van der Waals surface area contributed by atoms with Crippen molar-refractivity contribution in [2.75, 3.05) is 0 Å². The van der Waals surface area contributed by atoms with Crippen LogP contribution in [0.15, 0.2) is 42.9 Å². The Labute approximate surface area is 107 Å². The molecule has 3 aromatic rings. The van der Waals surface area contributed by atoms with Crippen molar-refractivity contribution in [3.05, 3.63) is 53.4 Å². The molecule has 3 nitrogen and oxygen atoms in total. The van der Waals surface area contributed by atoms with Crippen LogP contribution in [0.5, 0.6) is 0 Å². The summed E-state index contributed by atoms with van der Waals surface area (Å²) in [6.07, 6.45) is 4.56. The molecule has 88 valence electrons. The van der Waals surface area contributed by atoms with Gasteiger partial charge in [-0.1, -0.05) is 18.2 Å². The van der Waals surface area contributed by atoms with Crippen LogP contribution in [0.1, 0.15) is 0 Å². The van der Waals surface area contributed by atoms with E-state index in [1.54, 1.807) is 12.4 Å². The Balaban J connectivity index is 2.38. The molecular formula is C13H8FN3S. The van der Waals surface area contributed by atoms with E-state index < -0.39 is 5.82 Å². The third-order valence-corrected chi connectivity index (χ3v) is 2.92. The molecule has 1 aromatic carbocycles. The van der Waals surface area contributed by atoms with E-state index in [2.05, 4.69) is 15.0 Å². The van der Waals surface area contributed by atoms with Crippen LogP contribution in [0.2, 0.25) is 0 Å². The van der Waals surface area contributed by atoms with Crippen LogP contribution in [0.4, 0.5) is 4.39 Å². The van der Waals surface area contributed by atoms with E-state index in [-0.39, 0.29) is 4.77 Å². The summed E-state index contributed by atoms with van der Waals surface area (Å²) in [6, 6.07) is 7.48. The second-order valence-corrected chi connectivity index (χ2v) is 4.20. The zero-order valence-corrected chi connectivity index (χ0v) is 10.0. The van der Waals surface area contributed by atoms with E-state index in [1.165, 1.54) is 0 Å². The molecule has 0 aliphatic rings. The number of nitrogens with zero attached hydrogens (tertiary/aromatic N) is 2. The van der Waals surface area contributed by atoms with Crippen molar-refractivity contribution >= 4 is 23.0 Å². The summed E-state index contributed by atoms with van der Waals surface area (Å²) in [5.41, 5.74) is 1.10. The van der Waals surface area contributed by atoms with Crippen molar-refractivity contribution in [1.82, 2.24) is 15.0 Å². The molecule has 0 radical (unpaired) electrons. The minimum atomic E-state index is -0.423. The third-order valence-electron chi connectivity index (χ3n) is 2.72. The van der Waals surface area contributed by atoms with Crippen molar-refractivity contribution in [1.29, 1.82) is 0 Å². The maximum Gasteiger partial charge on any atom is 0.197 e. The highest BCUT2D eigenvalue weighted by molar-refractivity contribution is 7.71. The minimum Gasteiger partial charge on any atom is -0.328 e. The Kier molecular flexibility index (Phi) is 2.60. The van der Waals surface area contributed by atoms with Gasteiger partial charge in [0.2, 0.25) is 0 Å². The molecule has 0 saturated heterocycles. The molecule has 0 fully saturated rings. The highest BCUT2D eigenvalue weighted by Crippen LogP contribution is 2.27. The van der Waals surface area contributed by atoms with E-state index in [4.69, 9.17) is 12.2 Å². The van der Waals surface area contributed by atoms with E-state index in [9.17, 15) is 4.39 Å². The fourth-order valence-corrected chi connectivity index (χ4v) is 2.07. The number of benzene rings is 1. The summed E-state index contributed by atoms with van der Waals surface area (Å²) in [7, 11) is 0. The molecule has 18 heavy (non-hydrogen) atoms. The number of aromatic nitrogens is 3. The first-order chi connectivity index (χ1) is 8.75. The minimum absolute atomic E-state index is 0.262. The smallest absolute Gasteiger partial charge is 0.197 e. The van der Waals surface area contributed by atoms with E-state index in [1.807, 2.05) is 24.3 Å². The highest BCUT2D eigenvalue weighted by atomic mass is 32.1. The van der Waals surface area contributed by atoms with Gasteiger partial charge in [0, 0.05) is 23.3 Å². The second kappa shape index (κ2) is 4.27. The lowest BCUT2D eigenvalue weighted by Crippen LogP contribution is -1.93. The molecular weight excluding hydrogens is 249 g/mol. The maximum absolute atomic E-state index is 13.8. The number of hydrogen-bond donors (Lipinski definition) is 1. The van der Waals surface area contributed by atoms with Gasteiger partial charge in [-0.3, -0.25) is 4.98 Å². The lowest BCUT2D eigenvalue weighted by Gasteiger charge is -2.07. The molecule has 0 atom stereocenters. The molecule has 2 aromatic heterocycles. The number of halogens is 1. The van der Waals surface area contributed by atoms with Crippen LogP contribution >= 0.6 is 12.2 Å². The number of nitrogens with one attached hydrogen (secondary N) is 1. The molecule has 5 heteroatoms. The maximum atomic E-state index is 13.8. The van der Waals surface area contributed by atoms with Gasteiger partial charge in [-0.2, -0.15) is 0 Å². The number of H-pyrrole nitrogens is 1. The van der Waals surface area contributed by atoms with Crippen LogP contribution in [-0.4, -0.2) is 15.0 Å². The van der Waals surface area contributed by atoms with Crippen molar-refractivity contribution in [3.63, 3.8) is 0 Å². The van der Waals surface area contributed by atoms with Crippen LogP contribution in [0, 0.1) is 10.6 Å². The molecule has 0 aliphatic heterocycles. The van der Waals surface area contributed by atoms with Crippen molar-refractivity contribution < 1.29 is 4.39 Å². The lowest BCUT2D eigenvalue weighted by molar-refractivity contribution is 0.617. The van der Waals surface area contributed by atoms with Gasteiger partial charge in [0.1, 0.15) is 0 Å². The SMILES string of the molecule is Fc1cnc(=S)[nH]c1-c1cccc2cnccc12. The number of rotatable bonds is 1. The Morgan fingerprint density at radius 3 is 2.94 bits per heavy atom. The Bertz CT molecular complexity index is 777. The number of aromatic amines is 1. The quantitative estimate of drug-likeness (QED) is 0.678. The average molecular weight is 257 g/mol. The van der Waals surface area contributed by atoms with Crippen LogP contribution < -0.4 is 0 Å². The number of hydrogen-bond acceptors (Lipinski definition) is 3. The fourth-order valence-electron chi connectivity index (χ4n) is 1.92. The van der Waals surface area contributed by atoms with Crippen LogP contribution in [-0.2, 0) is 0 Å².